The molecule has 0 spiro atoms. The SMILES string of the molecule is O=C(NC(=S)Nc1ccc2oc(-c3cc(F)c(F)cc3Cl)nc2c1)C(c1ccccc1)c1ccccc1. The highest BCUT2D eigenvalue weighted by Crippen LogP contribution is 2.32. The zero-order valence-corrected chi connectivity index (χ0v) is 20.6. The largest absolute Gasteiger partial charge is 0.436 e. The smallest absolute Gasteiger partial charge is 0.238 e. The number of carbonyl (C=O) groups is 1. The lowest BCUT2D eigenvalue weighted by molar-refractivity contribution is -0.120. The molecule has 0 atom stereocenters. The van der Waals surface area contributed by atoms with Crippen molar-refractivity contribution >= 4 is 51.6 Å². The van der Waals surface area contributed by atoms with E-state index >= 15 is 0 Å². The summed E-state index contributed by atoms with van der Waals surface area (Å²) in [6, 6.07) is 25.6. The van der Waals surface area contributed by atoms with Gasteiger partial charge in [-0.2, -0.15) is 0 Å². The number of nitrogens with zero attached hydrogens (tertiary/aromatic N) is 1. The van der Waals surface area contributed by atoms with E-state index in [1.807, 2.05) is 60.7 Å². The van der Waals surface area contributed by atoms with Crippen LogP contribution in [0.5, 0.6) is 0 Å². The second-order valence-electron chi connectivity index (χ2n) is 8.15. The number of nitrogens with one attached hydrogen (secondary N) is 2. The van der Waals surface area contributed by atoms with Gasteiger partial charge in [-0.1, -0.05) is 72.3 Å². The van der Waals surface area contributed by atoms with Crippen molar-refractivity contribution in [1.82, 2.24) is 10.3 Å². The Hall–Kier alpha value is -4.14. The standard InChI is InChI=1S/C28H18ClF2N3O2S/c29-20-15-22(31)21(30)14-19(20)27-33-23-13-18(11-12-24(23)36-27)32-28(37)34-26(35)25(16-7-3-1-4-8-16)17-9-5-2-6-10-17/h1-15,25H,(H2,32,34,35,37). The van der Waals surface area contributed by atoms with Gasteiger partial charge in [-0.05, 0) is 53.7 Å². The maximum absolute atomic E-state index is 13.7. The lowest BCUT2D eigenvalue weighted by Gasteiger charge is -2.18. The number of halogens is 3. The van der Waals surface area contributed by atoms with E-state index in [0.29, 0.717) is 16.8 Å². The molecule has 1 aromatic heterocycles. The van der Waals surface area contributed by atoms with Crippen LogP contribution >= 0.6 is 23.8 Å². The van der Waals surface area contributed by atoms with Crippen LogP contribution in [-0.2, 0) is 4.79 Å². The van der Waals surface area contributed by atoms with E-state index in [1.54, 1.807) is 18.2 Å². The van der Waals surface area contributed by atoms with Crippen LogP contribution in [0.1, 0.15) is 17.0 Å². The van der Waals surface area contributed by atoms with Crippen LogP contribution in [0.4, 0.5) is 14.5 Å². The van der Waals surface area contributed by atoms with Crippen molar-refractivity contribution in [1.29, 1.82) is 0 Å². The number of hydrogen-bond acceptors (Lipinski definition) is 4. The Bertz CT molecular complexity index is 1570. The molecule has 0 bridgehead atoms. The number of thiocarbonyl (C=S) groups is 1. The van der Waals surface area contributed by atoms with Gasteiger partial charge in [0.25, 0.3) is 0 Å². The Morgan fingerprint density at radius 3 is 2.16 bits per heavy atom. The molecule has 4 aromatic carbocycles. The minimum Gasteiger partial charge on any atom is -0.436 e. The van der Waals surface area contributed by atoms with Crippen molar-refractivity contribution in [2.24, 2.45) is 0 Å². The van der Waals surface area contributed by atoms with Gasteiger partial charge >= 0.3 is 0 Å². The van der Waals surface area contributed by atoms with Crippen molar-refractivity contribution in [3.63, 3.8) is 0 Å². The molecule has 0 saturated carbocycles. The molecule has 37 heavy (non-hydrogen) atoms. The molecule has 1 heterocycles. The third kappa shape index (κ3) is 5.35. The summed E-state index contributed by atoms with van der Waals surface area (Å²) >= 11 is 11.4. The molecule has 5 nitrogen and oxygen atoms in total. The van der Waals surface area contributed by atoms with Gasteiger partial charge < -0.3 is 15.1 Å². The van der Waals surface area contributed by atoms with Gasteiger partial charge in [-0.25, -0.2) is 13.8 Å². The number of hydrogen-bond donors (Lipinski definition) is 2. The van der Waals surface area contributed by atoms with Gasteiger partial charge in [0, 0.05) is 5.69 Å². The number of benzene rings is 4. The Labute approximate surface area is 221 Å². The molecule has 9 heteroatoms. The number of aromatic nitrogens is 1. The summed E-state index contributed by atoms with van der Waals surface area (Å²) in [6.07, 6.45) is 0. The fourth-order valence-electron chi connectivity index (χ4n) is 3.94. The molecule has 5 aromatic rings. The number of oxazole rings is 1. The van der Waals surface area contributed by atoms with Gasteiger partial charge in [0.1, 0.15) is 5.52 Å². The Kier molecular flexibility index (Phi) is 6.94. The number of carbonyl (C=O) groups excluding carboxylic acids is 1. The molecule has 0 aliphatic heterocycles. The van der Waals surface area contributed by atoms with Crippen LogP contribution < -0.4 is 10.6 Å². The van der Waals surface area contributed by atoms with E-state index in [-0.39, 0.29) is 27.5 Å². The zero-order valence-electron chi connectivity index (χ0n) is 19.0. The Morgan fingerprint density at radius 1 is 0.892 bits per heavy atom. The fraction of sp³-hybridized carbons (Fsp3) is 0.0357. The van der Waals surface area contributed by atoms with Gasteiger partial charge in [-0.15, -0.1) is 0 Å². The number of amides is 1. The highest BCUT2D eigenvalue weighted by Gasteiger charge is 2.23. The van der Waals surface area contributed by atoms with E-state index < -0.39 is 17.6 Å². The molecule has 5 rings (SSSR count). The molecular weight excluding hydrogens is 516 g/mol. The monoisotopic (exact) mass is 533 g/mol. The average molecular weight is 534 g/mol. The molecule has 0 saturated heterocycles. The summed E-state index contributed by atoms with van der Waals surface area (Å²) in [5.74, 6) is -2.92. The van der Waals surface area contributed by atoms with Gasteiger partial charge in [0.05, 0.1) is 16.5 Å². The van der Waals surface area contributed by atoms with E-state index in [9.17, 15) is 13.6 Å². The summed E-state index contributed by atoms with van der Waals surface area (Å²) in [5.41, 5.74) is 3.18. The second kappa shape index (κ2) is 10.5. The van der Waals surface area contributed by atoms with E-state index in [2.05, 4.69) is 15.6 Å². The molecule has 0 unspecified atom stereocenters. The van der Waals surface area contributed by atoms with Crippen LogP contribution in [0.25, 0.3) is 22.6 Å². The highest BCUT2D eigenvalue weighted by atomic mass is 35.5. The summed E-state index contributed by atoms with van der Waals surface area (Å²) < 4.78 is 32.8. The van der Waals surface area contributed by atoms with Crippen molar-refractivity contribution in [3.05, 3.63) is 119 Å². The molecule has 2 N–H and O–H groups in total. The summed E-state index contributed by atoms with van der Waals surface area (Å²) in [5, 5.41) is 5.82. The number of fused-ring (bicyclic) bond motifs is 1. The first kappa shape index (κ1) is 24.5. The molecule has 0 fully saturated rings. The normalized spacial score (nSPS) is 11.0. The van der Waals surface area contributed by atoms with Crippen molar-refractivity contribution in [2.75, 3.05) is 5.32 Å². The molecule has 0 aliphatic carbocycles. The quantitative estimate of drug-likeness (QED) is 0.187. The van der Waals surface area contributed by atoms with Gasteiger partial charge in [0.15, 0.2) is 22.3 Å². The third-order valence-electron chi connectivity index (χ3n) is 5.65. The van der Waals surface area contributed by atoms with Gasteiger partial charge in [0.2, 0.25) is 11.8 Å². The van der Waals surface area contributed by atoms with Crippen molar-refractivity contribution < 1.29 is 18.0 Å². The lowest BCUT2D eigenvalue weighted by atomic mass is 9.90. The second-order valence-corrected chi connectivity index (χ2v) is 8.96. The zero-order chi connectivity index (χ0) is 25.9. The maximum atomic E-state index is 13.7. The van der Waals surface area contributed by atoms with Crippen LogP contribution in [0.2, 0.25) is 5.02 Å². The predicted molar refractivity (Wildman–Crippen MR) is 143 cm³/mol. The predicted octanol–water partition coefficient (Wildman–Crippen LogP) is 7.07. The topological polar surface area (TPSA) is 67.2 Å². The Morgan fingerprint density at radius 2 is 1.51 bits per heavy atom. The molecular formula is C28H18ClF2N3O2S. The van der Waals surface area contributed by atoms with Crippen molar-refractivity contribution in [3.8, 4) is 11.5 Å². The third-order valence-corrected chi connectivity index (χ3v) is 6.17. The Balaban J connectivity index is 1.35. The minimum atomic E-state index is -1.06. The number of anilines is 1. The molecule has 0 radical (unpaired) electrons. The lowest BCUT2D eigenvalue weighted by Crippen LogP contribution is -2.37. The average Bonchev–Trinajstić information content (AvgIpc) is 3.31. The first-order valence-corrected chi connectivity index (χ1v) is 11.9. The molecule has 0 aliphatic rings. The summed E-state index contributed by atoms with van der Waals surface area (Å²) in [7, 11) is 0. The minimum absolute atomic E-state index is 0.0286. The highest BCUT2D eigenvalue weighted by molar-refractivity contribution is 7.80. The van der Waals surface area contributed by atoms with Crippen LogP contribution in [0, 0.1) is 11.6 Å². The summed E-state index contributed by atoms with van der Waals surface area (Å²) in [6.45, 7) is 0. The molecule has 184 valence electrons. The van der Waals surface area contributed by atoms with E-state index in [4.69, 9.17) is 28.2 Å². The summed E-state index contributed by atoms with van der Waals surface area (Å²) in [4.78, 5) is 17.6. The van der Waals surface area contributed by atoms with E-state index in [1.165, 1.54) is 0 Å². The van der Waals surface area contributed by atoms with Crippen LogP contribution in [-0.4, -0.2) is 16.0 Å². The fourth-order valence-corrected chi connectivity index (χ4v) is 4.39. The van der Waals surface area contributed by atoms with Crippen LogP contribution in [0.15, 0.2) is 95.4 Å². The first-order chi connectivity index (χ1) is 17.9. The first-order valence-electron chi connectivity index (χ1n) is 11.2. The van der Waals surface area contributed by atoms with Crippen LogP contribution in [0.3, 0.4) is 0 Å². The van der Waals surface area contributed by atoms with Gasteiger partial charge in [-0.3, -0.25) is 4.79 Å². The number of rotatable bonds is 5. The van der Waals surface area contributed by atoms with Crippen molar-refractivity contribution in [2.45, 2.75) is 5.92 Å². The van der Waals surface area contributed by atoms with E-state index in [0.717, 1.165) is 23.3 Å². The molecule has 1 amide bonds. The maximum Gasteiger partial charge on any atom is 0.238 e.